The molecule has 2 fully saturated rings. The van der Waals surface area contributed by atoms with Crippen LogP contribution in [-0.4, -0.2) is 46.4 Å². The third kappa shape index (κ3) is 2.80. The Morgan fingerprint density at radius 2 is 1.94 bits per heavy atom. The van der Waals surface area contributed by atoms with E-state index in [1.165, 1.54) is 4.90 Å². The quantitative estimate of drug-likeness (QED) is 0.746. The lowest BCUT2D eigenvalue weighted by Crippen LogP contribution is -2.50. The molecule has 100 valence electrons. The number of aliphatic carboxylic acids is 1. The summed E-state index contributed by atoms with van der Waals surface area (Å²) >= 11 is 0. The molecule has 1 aliphatic carbocycles. The van der Waals surface area contributed by atoms with Crippen molar-refractivity contribution in [3.63, 3.8) is 0 Å². The van der Waals surface area contributed by atoms with Crippen LogP contribution >= 0.6 is 0 Å². The van der Waals surface area contributed by atoms with Crippen molar-refractivity contribution in [1.29, 1.82) is 0 Å². The van der Waals surface area contributed by atoms with Crippen LogP contribution in [0.2, 0.25) is 0 Å². The molecule has 1 aliphatic heterocycles. The van der Waals surface area contributed by atoms with Gasteiger partial charge in [0.25, 0.3) is 0 Å². The van der Waals surface area contributed by atoms with Crippen LogP contribution in [0, 0.1) is 0 Å². The van der Waals surface area contributed by atoms with Gasteiger partial charge >= 0.3 is 5.97 Å². The highest BCUT2D eigenvalue weighted by Crippen LogP contribution is 2.25. The van der Waals surface area contributed by atoms with E-state index in [2.05, 4.69) is 5.32 Å². The molecule has 2 rings (SSSR count). The van der Waals surface area contributed by atoms with E-state index >= 15 is 0 Å². The van der Waals surface area contributed by atoms with Crippen molar-refractivity contribution in [2.24, 2.45) is 0 Å². The second kappa shape index (κ2) is 5.37. The van der Waals surface area contributed by atoms with E-state index < -0.39 is 12.0 Å². The zero-order valence-electron chi connectivity index (χ0n) is 10.2. The van der Waals surface area contributed by atoms with E-state index in [0.717, 1.165) is 25.7 Å². The lowest BCUT2D eigenvalue weighted by atomic mass is 10.1. The van der Waals surface area contributed by atoms with E-state index in [4.69, 9.17) is 5.11 Å². The minimum Gasteiger partial charge on any atom is -0.480 e. The summed E-state index contributed by atoms with van der Waals surface area (Å²) in [5.74, 6) is -1.37. The molecule has 18 heavy (non-hydrogen) atoms. The fourth-order valence-electron chi connectivity index (χ4n) is 2.75. The summed E-state index contributed by atoms with van der Waals surface area (Å²) < 4.78 is 0. The maximum Gasteiger partial charge on any atom is 0.323 e. The van der Waals surface area contributed by atoms with Crippen LogP contribution in [0.5, 0.6) is 0 Å². The smallest absolute Gasteiger partial charge is 0.323 e. The second-order valence-corrected chi connectivity index (χ2v) is 4.96. The van der Waals surface area contributed by atoms with Gasteiger partial charge in [-0.3, -0.25) is 14.4 Å². The molecular weight excluding hydrogens is 236 g/mol. The van der Waals surface area contributed by atoms with Crippen molar-refractivity contribution in [3.05, 3.63) is 0 Å². The first-order valence-electron chi connectivity index (χ1n) is 6.39. The van der Waals surface area contributed by atoms with Crippen molar-refractivity contribution >= 4 is 17.8 Å². The number of carbonyl (C=O) groups is 3. The molecule has 0 radical (unpaired) electrons. The van der Waals surface area contributed by atoms with Crippen molar-refractivity contribution in [2.75, 3.05) is 6.54 Å². The van der Waals surface area contributed by atoms with Gasteiger partial charge in [-0.15, -0.1) is 0 Å². The molecule has 0 aromatic carbocycles. The zero-order valence-corrected chi connectivity index (χ0v) is 10.2. The van der Waals surface area contributed by atoms with Gasteiger partial charge in [-0.2, -0.15) is 0 Å². The molecule has 2 amide bonds. The van der Waals surface area contributed by atoms with Crippen LogP contribution in [0.3, 0.4) is 0 Å². The molecule has 2 aliphatic rings. The summed E-state index contributed by atoms with van der Waals surface area (Å²) in [5.41, 5.74) is 0. The van der Waals surface area contributed by atoms with E-state index in [1.54, 1.807) is 0 Å². The molecule has 0 unspecified atom stereocenters. The van der Waals surface area contributed by atoms with Crippen LogP contribution < -0.4 is 5.32 Å². The number of amides is 2. The summed E-state index contributed by atoms with van der Waals surface area (Å²) in [6.45, 7) is -0.268. The third-order valence-corrected chi connectivity index (χ3v) is 3.65. The Morgan fingerprint density at radius 3 is 2.44 bits per heavy atom. The largest absolute Gasteiger partial charge is 0.480 e. The summed E-state index contributed by atoms with van der Waals surface area (Å²) in [5, 5.41) is 11.5. The van der Waals surface area contributed by atoms with Gasteiger partial charge in [-0.05, 0) is 19.3 Å². The van der Waals surface area contributed by atoms with Crippen molar-refractivity contribution in [1.82, 2.24) is 10.2 Å². The normalized spacial score (nSPS) is 24.0. The second-order valence-electron chi connectivity index (χ2n) is 4.96. The van der Waals surface area contributed by atoms with Crippen molar-refractivity contribution < 1.29 is 19.5 Å². The number of nitrogens with zero attached hydrogens (tertiary/aromatic N) is 1. The lowest BCUT2D eigenvalue weighted by molar-refractivity contribution is -0.147. The molecule has 1 heterocycles. The molecular formula is C12H18N2O4. The van der Waals surface area contributed by atoms with Crippen LogP contribution in [-0.2, 0) is 14.4 Å². The molecule has 2 N–H and O–H groups in total. The van der Waals surface area contributed by atoms with Gasteiger partial charge in [-0.25, -0.2) is 0 Å². The van der Waals surface area contributed by atoms with Crippen LogP contribution in [0.25, 0.3) is 0 Å². The first kappa shape index (κ1) is 12.9. The monoisotopic (exact) mass is 254 g/mol. The Hall–Kier alpha value is -1.59. The minimum absolute atomic E-state index is 0.0195. The number of nitrogens with one attached hydrogen (secondary N) is 1. The Bertz CT molecular complexity index is 363. The molecule has 6 heteroatoms. The molecule has 6 nitrogen and oxygen atoms in total. The average Bonchev–Trinajstić information content (AvgIpc) is 2.95. The Kier molecular flexibility index (Phi) is 3.84. The highest BCUT2D eigenvalue weighted by atomic mass is 16.4. The van der Waals surface area contributed by atoms with Gasteiger partial charge in [0, 0.05) is 12.5 Å². The lowest BCUT2D eigenvalue weighted by Gasteiger charge is -2.29. The van der Waals surface area contributed by atoms with Gasteiger partial charge in [0.05, 0.1) is 0 Å². The fourth-order valence-corrected chi connectivity index (χ4v) is 2.75. The number of carbonyl (C=O) groups excluding carboxylic acids is 2. The predicted molar refractivity (Wildman–Crippen MR) is 62.8 cm³/mol. The number of carboxylic acid groups (broad SMARTS) is 1. The van der Waals surface area contributed by atoms with Gasteiger partial charge < -0.3 is 15.3 Å². The fraction of sp³-hybridized carbons (Fsp3) is 0.750. The first-order valence-corrected chi connectivity index (χ1v) is 6.39. The molecule has 1 saturated carbocycles. The molecule has 0 aromatic heterocycles. The summed E-state index contributed by atoms with van der Waals surface area (Å²) in [7, 11) is 0. The number of carboxylic acids is 1. The number of hydrogen-bond acceptors (Lipinski definition) is 3. The first-order chi connectivity index (χ1) is 8.58. The predicted octanol–water partition coefficient (Wildman–Crippen LogP) is 0.121. The molecule has 1 saturated heterocycles. The molecule has 0 bridgehead atoms. The van der Waals surface area contributed by atoms with E-state index in [1.807, 2.05) is 0 Å². The number of hydrogen-bond donors (Lipinski definition) is 2. The highest BCUT2D eigenvalue weighted by molar-refractivity contribution is 5.92. The summed E-state index contributed by atoms with van der Waals surface area (Å²) in [6, 6.07) is -0.511. The summed E-state index contributed by atoms with van der Waals surface area (Å²) in [4.78, 5) is 35.7. The van der Waals surface area contributed by atoms with Crippen LogP contribution in [0.4, 0.5) is 0 Å². The van der Waals surface area contributed by atoms with Crippen LogP contribution in [0.1, 0.15) is 38.5 Å². The standard InChI is InChI=1S/C12H18N2O4/c15-10-6-5-9(13-10)12(18)14(7-11(16)17)8-3-1-2-4-8/h8-9H,1-7H2,(H,13,15)(H,16,17)/t9-/m1/s1. The Labute approximate surface area is 105 Å². The highest BCUT2D eigenvalue weighted by Gasteiger charge is 2.35. The Balaban J connectivity index is 2.04. The minimum atomic E-state index is -1.00. The van der Waals surface area contributed by atoms with Crippen molar-refractivity contribution in [3.8, 4) is 0 Å². The molecule has 0 aromatic rings. The van der Waals surface area contributed by atoms with Crippen LogP contribution in [0.15, 0.2) is 0 Å². The zero-order chi connectivity index (χ0) is 13.1. The molecule has 1 atom stereocenters. The number of rotatable bonds is 4. The maximum absolute atomic E-state index is 12.3. The van der Waals surface area contributed by atoms with Gasteiger partial charge in [-0.1, -0.05) is 12.8 Å². The van der Waals surface area contributed by atoms with E-state index in [9.17, 15) is 14.4 Å². The van der Waals surface area contributed by atoms with Gasteiger partial charge in [0.2, 0.25) is 11.8 Å². The topological polar surface area (TPSA) is 86.7 Å². The Morgan fingerprint density at radius 1 is 1.28 bits per heavy atom. The summed E-state index contributed by atoms with van der Waals surface area (Å²) in [6.07, 6.45) is 4.61. The van der Waals surface area contributed by atoms with E-state index in [0.29, 0.717) is 12.8 Å². The SMILES string of the molecule is O=C(O)CN(C(=O)[C@H]1CCC(=O)N1)C1CCCC1. The average molecular weight is 254 g/mol. The van der Waals surface area contributed by atoms with Crippen molar-refractivity contribution in [2.45, 2.75) is 50.6 Å². The maximum atomic E-state index is 12.3. The van der Waals surface area contributed by atoms with Gasteiger partial charge in [0.1, 0.15) is 12.6 Å². The van der Waals surface area contributed by atoms with E-state index in [-0.39, 0.29) is 24.4 Å². The van der Waals surface area contributed by atoms with Gasteiger partial charge in [0.15, 0.2) is 0 Å². The molecule has 0 spiro atoms. The third-order valence-electron chi connectivity index (χ3n) is 3.65.